The van der Waals surface area contributed by atoms with Gasteiger partial charge in [-0.3, -0.25) is 4.79 Å². The predicted molar refractivity (Wildman–Crippen MR) is 70.1 cm³/mol. The van der Waals surface area contributed by atoms with Crippen molar-refractivity contribution in [2.45, 2.75) is 19.5 Å². The Morgan fingerprint density at radius 1 is 1.50 bits per heavy atom. The van der Waals surface area contributed by atoms with Gasteiger partial charge in [-0.25, -0.2) is 0 Å². The normalized spacial score (nSPS) is 15.2. The van der Waals surface area contributed by atoms with Crippen LogP contribution in [0.15, 0.2) is 29.1 Å². The van der Waals surface area contributed by atoms with Crippen LogP contribution in [0.4, 0.5) is 5.69 Å². The first-order chi connectivity index (χ1) is 9.72. The average molecular weight is 274 g/mol. The largest absolute Gasteiger partial charge is 0.482 e. The molecule has 3 rings (SSSR count). The number of amides is 1. The third-order valence-electron chi connectivity index (χ3n) is 3.11. The molecule has 1 atom stereocenters. The summed E-state index contributed by atoms with van der Waals surface area (Å²) in [6.45, 7) is 2.60. The molecule has 2 heterocycles. The molecule has 1 aliphatic rings. The lowest BCUT2D eigenvalue weighted by Crippen LogP contribution is -2.26. The van der Waals surface area contributed by atoms with Gasteiger partial charge in [0.05, 0.1) is 12.2 Å². The lowest BCUT2D eigenvalue weighted by Gasteiger charge is -2.20. The Bertz CT molecular complexity index is 612. The van der Waals surface area contributed by atoms with Crippen LogP contribution in [0, 0.1) is 0 Å². The Labute approximate surface area is 115 Å². The maximum absolute atomic E-state index is 11.3. The number of nitrogens with zero attached hydrogens (tertiary/aromatic N) is 2. The summed E-state index contributed by atoms with van der Waals surface area (Å²) < 4.78 is 10.00. The Morgan fingerprint density at radius 3 is 3.20 bits per heavy atom. The van der Waals surface area contributed by atoms with Crippen LogP contribution in [0.3, 0.4) is 0 Å². The molecule has 7 heteroatoms. The summed E-state index contributed by atoms with van der Waals surface area (Å²) in [5.74, 6) is 1.16. The first-order valence-electron chi connectivity index (χ1n) is 6.27. The second-order valence-electron chi connectivity index (χ2n) is 4.54. The fourth-order valence-electron chi connectivity index (χ4n) is 2.00. The zero-order valence-corrected chi connectivity index (χ0v) is 10.9. The third-order valence-corrected chi connectivity index (χ3v) is 3.11. The first kappa shape index (κ1) is 12.6. The summed E-state index contributed by atoms with van der Waals surface area (Å²) in [6.07, 6.45) is 1.30. The van der Waals surface area contributed by atoms with Crippen LogP contribution < -0.4 is 15.4 Å². The number of benzene rings is 1. The van der Waals surface area contributed by atoms with Crippen LogP contribution in [-0.4, -0.2) is 22.7 Å². The number of hydrogen-bond donors (Lipinski definition) is 2. The van der Waals surface area contributed by atoms with Crippen LogP contribution in [0.1, 0.15) is 24.4 Å². The summed E-state index contributed by atoms with van der Waals surface area (Å²) in [5.41, 5.74) is 1.74. The van der Waals surface area contributed by atoms with Crippen molar-refractivity contribution in [1.82, 2.24) is 15.5 Å². The van der Waals surface area contributed by atoms with Gasteiger partial charge in [0.2, 0.25) is 6.39 Å². The van der Waals surface area contributed by atoms with E-state index in [4.69, 9.17) is 4.74 Å². The minimum Gasteiger partial charge on any atom is -0.482 e. The molecule has 0 saturated carbocycles. The molecule has 2 N–H and O–H groups in total. The van der Waals surface area contributed by atoms with Crippen molar-refractivity contribution in [3.8, 4) is 5.75 Å². The lowest BCUT2D eigenvalue weighted by atomic mass is 10.1. The average Bonchev–Trinajstić information content (AvgIpc) is 2.97. The molecular weight excluding hydrogens is 260 g/mol. The smallest absolute Gasteiger partial charge is 0.262 e. The molecule has 0 saturated heterocycles. The molecule has 1 aromatic carbocycles. The predicted octanol–water partition coefficient (Wildman–Crippen LogP) is 1.25. The maximum Gasteiger partial charge on any atom is 0.262 e. The third kappa shape index (κ3) is 2.62. The monoisotopic (exact) mass is 274 g/mol. The van der Waals surface area contributed by atoms with E-state index in [0.29, 0.717) is 23.8 Å². The van der Waals surface area contributed by atoms with Crippen LogP contribution in [0.5, 0.6) is 5.75 Å². The zero-order chi connectivity index (χ0) is 13.9. The number of carbonyl (C=O) groups excluding carboxylic acids is 1. The Morgan fingerprint density at radius 2 is 2.40 bits per heavy atom. The second kappa shape index (κ2) is 5.30. The molecule has 1 aliphatic heterocycles. The van der Waals surface area contributed by atoms with Crippen molar-refractivity contribution in [2.24, 2.45) is 0 Å². The second-order valence-corrected chi connectivity index (χ2v) is 4.54. The molecule has 7 nitrogen and oxygen atoms in total. The fourth-order valence-corrected chi connectivity index (χ4v) is 2.00. The van der Waals surface area contributed by atoms with Gasteiger partial charge in [0.1, 0.15) is 5.75 Å². The summed E-state index contributed by atoms with van der Waals surface area (Å²) in [5, 5.41) is 9.81. The van der Waals surface area contributed by atoms with Gasteiger partial charge in [-0.2, -0.15) is 4.98 Å². The van der Waals surface area contributed by atoms with Crippen molar-refractivity contribution in [3.63, 3.8) is 0 Å². The number of carbonyl (C=O) groups is 1. The van der Waals surface area contributed by atoms with E-state index in [1.54, 1.807) is 0 Å². The van der Waals surface area contributed by atoms with Gasteiger partial charge in [0, 0.05) is 6.04 Å². The van der Waals surface area contributed by atoms with E-state index in [2.05, 4.69) is 25.3 Å². The number of rotatable bonds is 4. The SMILES string of the molecule is CC(NCc1ncon1)c1ccc2c(c1)NC(=O)CO2. The number of nitrogens with one attached hydrogen (secondary N) is 2. The van der Waals surface area contributed by atoms with Gasteiger partial charge >= 0.3 is 0 Å². The van der Waals surface area contributed by atoms with Gasteiger partial charge in [-0.05, 0) is 24.6 Å². The maximum atomic E-state index is 11.3. The molecule has 1 aromatic heterocycles. The standard InChI is InChI=1S/C13H14N4O3/c1-8(14-5-12-15-7-20-17-12)9-2-3-11-10(4-9)16-13(18)6-19-11/h2-4,7-8,14H,5-6H2,1H3,(H,16,18). The molecule has 20 heavy (non-hydrogen) atoms. The van der Waals surface area contributed by atoms with E-state index >= 15 is 0 Å². The fraction of sp³-hybridized carbons (Fsp3) is 0.308. The molecule has 104 valence electrons. The molecule has 2 aromatic rings. The first-order valence-corrected chi connectivity index (χ1v) is 6.27. The Balaban J connectivity index is 1.70. The number of anilines is 1. The molecule has 0 radical (unpaired) electrons. The molecule has 1 amide bonds. The number of hydrogen-bond acceptors (Lipinski definition) is 6. The van der Waals surface area contributed by atoms with Crippen molar-refractivity contribution in [2.75, 3.05) is 11.9 Å². The van der Waals surface area contributed by atoms with Crippen LogP contribution >= 0.6 is 0 Å². The van der Waals surface area contributed by atoms with Crippen LogP contribution in [0.2, 0.25) is 0 Å². The van der Waals surface area contributed by atoms with E-state index in [9.17, 15) is 4.79 Å². The van der Waals surface area contributed by atoms with Gasteiger partial charge in [0.25, 0.3) is 5.91 Å². The zero-order valence-electron chi connectivity index (χ0n) is 10.9. The van der Waals surface area contributed by atoms with Gasteiger partial charge in [-0.15, -0.1) is 0 Å². The Hall–Kier alpha value is -2.41. The summed E-state index contributed by atoms with van der Waals surface area (Å²) in [4.78, 5) is 15.3. The van der Waals surface area contributed by atoms with E-state index in [-0.39, 0.29) is 18.6 Å². The minimum atomic E-state index is -0.137. The van der Waals surface area contributed by atoms with Crippen LogP contribution in [-0.2, 0) is 11.3 Å². The van der Waals surface area contributed by atoms with Gasteiger partial charge in [0.15, 0.2) is 12.4 Å². The number of fused-ring (bicyclic) bond motifs is 1. The number of aromatic nitrogens is 2. The molecule has 0 spiro atoms. The molecule has 0 aliphatic carbocycles. The van der Waals surface area contributed by atoms with E-state index < -0.39 is 0 Å². The van der Waals surface area contributed by atoms with Crippen molar-refractivity contribution < 1.29 is 14.1 Å². The summed E-state index contributed by atoms with van der Waals surface area (Å²) in [7, 11) is 0. The highest BCUT2D eigenvalue weighted by molar-refractivity contribution is 5.95. The quantitative estimate of drug-likeness (QED) is 0.872. The van der Waals surface area contributed by atoms with Crippen molar-refractivity contribution >= 4 is 11.6 Å². The Kier molecular flexibility index (Phi) is 3.34. The van der Waals surface area contributed by atoms with E-state index in [0.717, 1.165) is 5.56 Å². The highest BCUT2D eigenvalue weighted by Gasteiger charge is 2.17. The van der Waals surface area contributed by atoms with Crippen molar-refractivity contribution in [1.29, 1.82) is 0 Å². The highest BCUT2D eigenvalue weighted by atomic mass is 16.5. The summed E-state index contributed by atoms with van der Waals surface area (Å²) >= 11 is 0. The molecule has 0 fully saturated rings. The van der Waals surface area contributed by atoms with E-state index in [1.807, 2.05) is 25.1 Å². The molecular formula is C13H14N4O3. The number of ether oxygens (including phenoxy) is 1. The lowest BCUT2D eigenvalue weighted by molar-refractivity contribution is -0.118. The van der Waals surface area contributed by atoms with Crippen molar-refractivity contribution in [3.05, 3.63) is 36.0 Å². The summed E-state index contributed by atoms with van der Waals surface area (Å²) in [6, 6.07) is 5.80. The van der Waals surface area contributed by atoms with Gasteiger partial charge in [-0.1, -0.05) is 11.2 Å². The molecule has 0 bridgehead atoms. The molecule has 1 unspecified atom stereocenters. The van der Waals surface area contributed by atoms with Crippen LogP contribution in [0.25, 0.3) is 0 Å². The van der Waals surface area contributed by atoms with Gasteiger partial charge < -0.3 is 19.9 Å². The van der Waals surface area contributed by atoms with E-state index in [1.165, 1.54) is 6.39 Å². The minimum absolute atomic E-state index is 0.0674. The highest BCUT2D eigenvalue weighted by Crippen LogP contribution is 2.30. The topological polar surface area (TPSA) is 89.3 Å².